The summed E-state index contributed by atoms with van der Waals surface area (Å²) in [5, 5.41) is 7.79. The summed E-state index contributed by atoms with van der Waals surface area (Å²) in [7, 11) is 0. The molecule has 4 heterocycles. The standard InChI is InChI=1S/C57H33N3S3/c1-4-19-49-43(10-1)46-16-7-13-40(52(46)61-49)34-22-28-37(29-23-34)55-58-56(38-30-24-35(25-31-38)41-14-8-17-47-44-11-2-5-20-50(44)62-53(41)47)60-57(59-55)39-32-26-36(27-33-39)42-15-9-18-48-45-12-3-6-21-51(45)63-54(42)48/h1-33H. The van der Waals surface area contributed by atoms with Crippen molar-refractivity contribution >= 4 is 94.5 Å². The SMILES string of the molecule is c1ccc2c(c1)sc1c(-c3ccc(-c4nc(-c5ccc(-c6cccc7c6sc6ccccc67)cc5)nc(-c5ccc(-c6cccc7c6sc6ccccc67)cc5)n4)cc3)cccc12. The highest BCUT2D eigenvalue weighted by atomic mass is 32.1. The smallest absolute Gasteiger partial charge is 0.164 e. The van der Waals surface area contributed by atoms with Gasteiger partial charge >= 0.3 is 0 Å². The van der Waals surface area contributed by atoms with Gasteiger partial charge < -0.3 is 0 Å². The molecule has 0 aliphatic rings. The molecule has 9 aromatic carbocycles. The van der Waals surface area contributed by atoms with Gasteiger partial charge in [-0.05, 0) is 51.6 Å². The summed E-state index contributed by atoms with van der Waals surface area (Å²) in [4.78, 5) is 15.5. The Labute approximate surface area is 374 Å². The van der Waals surface area contributed by atoms with Gasteiger partial charge in [0, 0.05) is 77.2 Å². The minimum atomic E-state index is 0.639. The largest absolute Gasteiger partial charge is 0.208 e. The van der Waals surface area contributed by atoms with Gasteiger partial charge in [-0.25, -0.2) is 15.0 Å². The van der Waals surface area contributed by atoms with E-state index >= 15 is 0 Å². The highest BCUT2D eigenvalue weighted by Crippen LogP contribution is 2.43. The van der Waals surface area contributed by atoms with Crippen LogP contribution in [0.5, 0.6) is 0 Å². The number of thiophene rings is 3. The molecule has 63 heavy (non-hydrogen) atoms. The molecule has 0 fully saturated rings. The Morgan fingerprint density at radius 3 is 0.778 bits per heavy atom. The van der Waals surface area contributed by atoms with Gasteiger partial charge in [0.2, 0.25) is 0 Å². The molecular weight excluding hydrogens is 823 g/mol. The minimum Gasteiger partial charge on any atom is -0.208 e. The van der Waals surface area contributed by atoms with Gasteiger partial charge in [0.15, 0.2) is 17.5 Å². The number of benzene rings is 9. The molecule has 294 valence electrons. The molecule has 0 unspecified atom stereocenters. The monoisotopic (exact) mass is 855 g/mol. The molecule has 4 aromatic heterocycles. The third-order valence-electron chi connectivity index (χ3n) is 12.2. The zero-order valence-corrected chi connectivity index (χ0v) is 36.1. The zero-order chi connectivity index (χ0) is 41.4. The van der Waals surface area contributed by atoms with E-state index in [4.69, 9.17) is 15.0 Å². The van der Waals surface area contributed by atoms with Crippen LogP contribution in [0.1, 0.15) is 0 Å². The number of rotatable bonds is 6. The van der Waals surface area contributed by atoms with E-state index < -0.39 is 0 Å². The van der Waals surface area contributed by atoms with Crippen LogP contribution in [0.3, 0.4) is 0 Å². The lowest BCUT2D eigenvalue weighted by molar-refractivity contribution is 1.07. The molecule has 0 bridgehead atoms. The van der Waals surface area contributed by atoms with Crippen LogP contribution in [0.15, 0.2) is 200 Å². The van der Waals surface area contributed by atoms with Crippen molar-refractivity contribution in [2.24, 2.45) is 0 Å². The molecule has 13 aromatic rings. The maximum absolute atomic E-state index is 5.17. The molecule has 0 N–H and O–H groups in total. The van der Waals surface area contributed by atoms with Crippen molar-refractivity contribution in [3.63, 3.8) is 0 Å². The third kappa shape index (κ3) is 6.10. The van der Waals surface area contributed by atoms with Crippen LogP contribution < -0.4 is 0 Å². The molecule has 3 nitrogen and oxygen atoms in total. The van der Waals surface area contributed by atoms with Crippen molar-refractivity contribution in [1.82, 2.24) is 15.0 Å². The summed E-state index contributed by atoms with van der Waals surface area (Å²) in [5.41, 5.74) is 10.0. The van der Waals surface area contributed by atoms with Crippen LogP contribution >= 0.6 is 34.0 Å². The second kappa shape index (κ2) is 14.6. The van der Waals surface area contributed by atoms with Crippen LogP contribution in [0.2, 0.25) is 0 Å². The first-order valence-electron chi connectivity index (χ1n) is 21.0. The third-order valence-corrected chi connectivity index (χ3v) is 15.9. The van der Waals surface area contributed by atoms with Gasteiger partial charge in [0.1, 0.15) is 0 Å². The van der Waals surface area contributed by atoms with Gasteiger partial charge in [0.05, 0.1) is 0 Å². The summed E-state index contributed by atoms with van der Waals surface area (Å²) < 4.78 is 7.81. The Morgan fingerprint density at radius 1 is 0.222 bits per heavy atom. The van der Waals surface area contributed by atoms with Gasteiger partial charge in [-0.1, -0.05) is 182 Å². The molecule has 0 atom stereocenters. The number of fused-ring (bicyclic) bond motifs is 9. The molecule has 0 amide bonds. The van der Waals surface area contributed by atoms with E-state index in [0.29, 0.717) is 17.5 Å². The Balaban J connectivity index is 0.903. The topological polar surface area (TPSA) is 38.7 Å². The maximum atomic E-state index is 5.17. The second-order valence-electron chi connectivity index (χ2n) is 15.9. The molecule has 0 saturated heterocycles. The average molecular weight is 856 g/mol. The fourth-order valence-corrected chi connectivity index (χ4v) is 12.8. The molecule has 0 aliphatic carbocycles. The van der Waals surface area contributed by atoms with E-state index in [1.807, 2.05) is 34.0 Å². The van der Waals surface area contributed by atoms with E-state index in [2.05, 4.69) is 200 Å². The highest BCUT2D eigenvalue weighted by Gasteiger charge is 2.17. The Morgan fingerprint density at radius 2 is 0.476 bits per heavy atom. The van der Waals surface area contributed by atoms with Crippen LogP contribution in [-0.2, 0) is 0 Å². The lowest BCUT2D eigenvalue weighted by Gasteiger charge is -2.11. The first-order valence-corrected chi connectivity index (χ1v) is 23.4. The van der Waals surface area contributed by atoms with Gasteiger partial charge in [-0.15, -0.1) is 34.0 Å². The average Bonchev–Trinajstić information content (AvgIpc) is 4.06. The predicted octanol–water partition coefficient (Wildman–Crippen LogP) is 17.0. The highest BCUT2D eigenvalue weighted by molar-refractivity contribution is 7.27. The lowest BCUT2D eigenvalue weighted by Crippen LogP contribution is -2.00. The molecule has 13 rings (SSSR count). The first-order chi connectivity index (χ1) is 31.2. The number of nitrogens with zero attached hydrogens (tertiary/aromatic N) is 3. The minimum absolute atomic E-state index is 0.639. The molecule has 0 spiro atoms. The number of hydrogen-bond acceptors (Lipinski definition) is 6. The quantitative estimate of drug-likeness (QED) is 0.167. The second-order valence-corrected chi connectivity index (χ2v) is 19.0. The normalized spacial score (nSPS) is 11.8. The van der Waals surface area contributed by atoms with Gasteiger partial charge in [-0.3, -0.25) is 0 Å². The predicted molar refractivity (Wildman–Crippen MR) is 271 cm³/mol. The summed E-state index contributed by atoms with van der Waals surface area (Å²) in [6, 6.07) is 71.9. The number of hydrogen-bond donors (Lipinski definition) is 0. The Bertz CT molecular complexity index is 3480. The van der Waals surface area contributed by atoms with Gasteiger partial charge in [0.25, 0.3) is 0 Å². The summed E-state index contributed by atoms with van der Waals surface area (Å²) in [6.45, 7) is 0. The van der Waals surface area contributed by atoms with E-state index in [1.54, 1.807) is 0 Å². The van der Waals surface area contributed by atoms with E-state index in [-0.39, 0.29) is 0 Å². The summed E-state index contributed by atoms with van der Waals surface area (Å²) in [5.74, 6) is 1.92. The van der Waals surface area contributed by atoms with Crippen LogP contribution in [0.25, 0.3) is 128 Å². The fraction of sp³-hybridized carbons (Fsp3) is 0. The first kappa shape index (κ1) is 36.3. The van der Waals surface area contributed by atoms with E-state index in [0.717, 1.165) is 16.7 Å². The molecule has 0 radical (unpaired) electrons. The fourth-order valence-electron chi connectivity index (χ4n) is 9.08. The van der Waals surface area contributed by atoms with E-state index in [9.17, 15) is 0 Å². The van der Waals surface area contributed by atoms with Crippen LogP contribution in [0, 0.1) is 0 Å². The van der Waals surface area contributed by atoms with Crippen molar-refractivity contribution in [2.45, 2.75) is 0 Å². The van der Waals surface area contributed by atoms with Crippen molar-refractivity contribution < 1.29 is 0 Å². The van der Waals surface area contributed by atoms with Crippen molar-refractivity contribution in [3.05, 3.63) is 200 Å². The Kier molecular flexibility index (Phi) is 8.44. The summed E-state index contributed by atoms with van der Waals surface area (Å²) in [6.07, 6.45) is 0. The van der Waals surface area contributed by atoms with Crippen LogP contribution in [-0.4, -0.2) is 15.0 Å². The molecule has 0 aliphatic heterocycles. The molecule has 0 saturated carbocycles. The molecule has 6 heteroatoms. The lowest BCUT2D eigenvalue weighted by atomic mass is 10.0. The summed E-state index contributed by atoms with van der Waals surface area (Å²) >= 11 is 5.56. The van der Waals surface area contributed by atoms with Crippen molar-refractivity contribution in [3.8, 4) is 67.5 Å². The van der Waals surface area contributed by atoms with E-state index in [1.165, 1.54) is 93.9 Å². The zero-order valence-electron chi connectivity index (χ0n) is 33.6. The van der Waals surface area contributed by atoms with Crippen molar-refractivity contribution in [2.75, 3.05) is 0 Å². The molecular formula is C57H33N3S3. The van der Waals surface area contributed by atoms with Gasteiger partial charge in [-0.2, -0.15) is 0 Å². The van der Waals surface area contributed by atoms with Crippen molar-refractivity contribution in [1.29, 1.82) is 0 Å². The maximum Gasteiger partial charge on any atom is 0.164 e. The Hall–Kier alpha value is -7.35. The number of aromatic nitrogens is 3. The van der Waals surface area contributed by atoms with Crippen LogP contribution in [0.4, 0.5) is 0 Å².